The summed E-state index contributed by atoms with van der Waals surface area (Å²) in [5.41, 5.74) is 1.07. The van der Waals surface area contributed by atoms with Gasteiger partial charge in [-0.15, -0.1) is 0 Å². The molecule has 0 saturated heterocycles. The first-order valence-electron chi connectivity index (χ1n) is 2.61. The number of nitrogens with zero attached hydrogens (tertiary/aromatic N) is 2. The van der Waals surface area contributed by atoms with Crippen LogP contribution in [-0.4, -0.2) is 19.5 Å². The molecule has 0 N–H and O–H groups in total. The first-order valence-corrected chi connectivity index (χ1v) is 4.45. The summed E-state index contributed by atoms with van der Waals surface area (Å²) in [7, 11) is 0. The molecule has 0 radical (unpaired) electrons. The first-order chi connectivity index (χ1) is 4.33. The number of rotatable bonds is 1. The molecule has 46 valence electrons. The molecule has 0 atom stereocenters. The molecular weight excluding hydrogens is 179 g/mol. The summed E-state index contributed by atoms with van der Waals surface area (Å²) in [5, 5.41) is 8.27. The molecule has 9 heavy (non-hydrogen) atoms. The number of hydrogen-bond acceptors (Lipinski definition) is 2. The molecule has 0 fully saturated rings. The molecular formula is C6H6N2Se. The molecule has 0 aliphatic heterocycles. The summed E-state index contributed by atoms with van der Waals surface area (Å²) in [6, 6.07) is 2.08. The van der Waals surface area contributed by atoms with Crippen molar-refractivity contribution in [2.24, 2.45) is 0 Å². The summed E-state index contributed by atoms with van der Waals surface area (Å²) in [6.45, 7) is 1.96. The third-order valence-electron chi connectivity index (χ3n) is 0.897. The second kappa shape index (κ2) is 2.82. The third kappa shape index (κ3) is 1.67. The Morgan fingerprint density at radius 1 is 1.89 bits per heavy atom. The van der Waals surface area contributed by atoms with Gasteiger partial charge in [-0.05, 0) is 0 Å². The second-order valence-corrected chi connectivity index (χ2v) is 3.70. The molecule has 1 heterocycles. The van der Waals surface area contributed by atoms with E-state index in [2.05, 4.69) is 16.0 Å². The van der Waals surface area contributed by atoms with Crippen LogP contribution >= 0.6 is 0 Å². The van der Waals surface area contributed by atoms with E-state index in [-0.39, 0.29) is 0 Å². The number of nitriles is 1. The van der Waals surface area contributed by atoms with Gasteiger partial charge in [0, 0.05) is 0 Å². The predicted molar refractivity (Wildman–Crippen MR) is 35.2 cm³/mol. The number of aromatic nitrogens is 1. The molecule has 0 unspecified atom stereocenters. The van der Waals surface area contributed by atoms with E-state index >= 15 is 0 Å². The molecule has 1 aromatic rings. The van der Waals surface area contributed by atoms with Crippen LogP contribution in [0.5, 0.6) is 0 Å². The van der Waals surface area contributed by atoms with Gasteiger partial charge < -0.3 is 0 Å². The van der Waals surface area contributed by atoms with Gasteiger partial charge >= 0.3 is 59.4 Å². The molecule has 0 aliphatic carbocycles. The molecule has 0 aliphatic rings. The van der Waals surface area contributed by atoms with Crippen LogP contribution < -0.4 is 0 Å². The molecule has 1 aromatic heterocycles. The van der Waals surface area contributed by atoms with Gasteiger partial charge in [-0.1, -0.05) is 0 Å². The van der Waals surface area contributed by atoms with Crippen molar-refractivity contribution in [1.29, 1.82) is 5.26 Å². The van der Waals surface area contributed by atoms with E-state index in [4.69, 9.17) is 5.26 Å². The van der Waals surface area contributed by atoms with Gasteiger partial charge in [-0.25, -0.2) is 0 Å². The van der Waals surface area contributed by atoms with Gasteiger partial charge in [0.25, 0.3) is 0 Å². The Balaban J connectivity index is 2.76. The van der Waals surface area contributed by atoms with Crippen molar-refractivity contribution in [2.45, 2.75) is 13.3 Å². The fourth-order valence-electron chi connectivity index (χ4n) is 0.552. The van der Waals surface area contributed by atoms with E-state index in [1.807, 2.05) is 6.92 Å². The van der Waals surface area contributed by atoms with Crippen LogP contribution in [-0.2, 0) is 6.42 Å². The van der Waals surface area contributed by atoms with Crippen molar-refractivity contribution in [3.63, 3.8) is 0 Å². The van der Waals surface area contributed by atoms with Gasteiger partial charge in [-0.2, -0.15) is 0 Å². The summed E-state index contributed by atoms with van der Waals surface area (Å²) in [4.78, 5) is 6.26. The maximum absolute atomic E-state index is 8.27. The Morgan fingerprint density at radius 2 is 2.67 bits per heavy atom. The fourth-order valence-corrected chi connectivity index (χ4v) is 2.03. The Labute approximate surface area is 59.9 Å². The van der Waals surface area contributed by atoms with Gasteiger partial charge in [-0.3, -0.25) is 0 Å². The zero-order chi connectivity index (χ0) is 6.69. The van der Waals surface area contributed by atoms with Crippen molar-refractivity contribution >= 4 is 14.5 Å². The Bertz CT molecular complexity index is 233. The van der Waals surface area contributed by atoms with Gasteiger partial charge in [0.15, 0.2) is 0 Å². The van der Waals surface area contributed by atoms with Crippen LogP contribution in [0.25, 0.3) is 0 Å². The zero-order valence-electron chi connectivity index (χ0n) is 5.09. The molecule has 0 spiro atoms. The van der Waals surface area contributed by atoms with E-state index in [1.54, 1.807) is 0 Å². The SMILES string of the molecule is Cc1c[se]c(CC#N)n1. The van der Waals surface area contributed by atoms with Crippen LogP contribution in [0.2, 0.25) is 0 Å². The third-order valence-corrected chi connectivity index (χ3v) is 2.92. The van der Waals surface area contributed by atoms with Crippen LogP contribution in [0.3, 0.4) is 0 Å². The second-order valence-electron chi connectivity index (χ2n) is 1.72. The zero-order valence-corrected chi connectivity index (χ0v) is 6.80. The molecule has 2 nitrogen and oxygen atoms in total. The van der Waals surface area contributed by atoms with Crippen LogP contribution in [0.1, 0.15) is 10.3 Å². The molecule has 0 aromatic carbocycles. The van der Waals surface area contributed by atoms with E-state index < -0.39 is 0 Å². The summed E-state index contributed by atoms with van der Waals surface area (Å²) < 4.78 is 1.06. The molecule has 1 rings (SSSR count). The van der Waals surface area contributed by atoms with Gasteiger partial charge in [0.2, 0.25) is 0 Å². The molecule has 0 amide bonds. The predicted octanol–water partition coefficient (Wildman–Crippen LogP) is 0.513. The average Bonchev–Trinajstić information content (AvgIpc) is 2.17. The average molecular weight is 185 g/mol. The monoisotopic (exact) mass is 186 g/mol. The first kappa shape index (κ1) is 6.54. The number of hydrogen-bond donors (Lipinski definition) is 0. The minimum atomic E-state index is 0.375. The van der Waals surface area contributed by atoms with Gasteiger partial charge in [0.05, 0.1) is 0 Å². The van der Waals surface area contributed by atoms with Crippen molar-refractivity contribution in [1.82, 2.24) is 4.98 Å². The van der Waals surface area contributed by atoms with Crippen molar-refractivity contribution < 1.29 is 0 Å². The molecule has 0 bridgehead atoms. The van der Waals surface area contributed by atoms with Crippen LogP contribution in [0.15, 0.2) is 4.94 Å². The minimum absolute atomic E-state index is 0.375. The van der Waals surface area contributed by atoms with Gasteiger partial charge in [0.1, 0.15) is 0 Å². The summed E-state index contributed by atoms with van der Waals surface area (Å²) in [6.07, 6.45) is 0.508. The van der Waals surface area contributed by atoms with E-state index in [9.17, 15) is 0 Å². The standard InChI is InChI=1S/C6H6N2Se/c1-5-4-9-6(8-5)2-3-7/h4H,2H2,1H3. The van der Waals surface area contributed by atoms with Crippen LogP contribution in [0, 0.1) is 18.3 Å². The van der Waals surface area contributed by atoms with E-state index in [0.717, 1.165) is 10.3 Å². The van der Waals surface area contributed by atoms with E-state index in [0.29, 0.717) is 20.9 Å². The fraction of sp³-hybridized carbons (Fsp3) is 0.333. The quantitative estimate of drug-likeness (QED) is 0.598. The van der Waals surface area contributed by atoms with Crippen LogP contribution in [0.4, 0.5) is 0 Å². The Morgan fingerprint density at radius 3 is 3.11 bits per heavy atom. The summed E-state index contributed by atoms with van der Waals surface area (Å²) >= 11 is 0.375. The molecule has 0 saturated carbocycles. The van der Waals surface area contributed by atoms with E-state index in [1.165, 1.54) is 0 Å². The van der Waals surface area contributed by atoms with Crippen molar-refractivity contribution in [2.75, 3.05) is 0 Å². The maximum atomic E-state index is 8.27. The normalized spacial score (nSPS) is 8.89. The Hall–Kier alpha value is -0.581. The Kier molecular flexibility index (Phi) is 2.05. The summed E-state index contributed by atoms with van der Waals surface area (Å²) in [5.74, 6) is 0. The molecule has 3 heteroatoms. The van der Waals surface area contributed by atoms with Crippen molar-refractivity contribution in [3.8, 4) is 6.07 Å². The topological polar surface area (TPSA) is 36.7 Å². The number of aryl methyl sites for hydroxylation is 1. The van der Waals surface area contributed by atoms with Crippen molar-refractivity contribution in [3.05, 3.63) is 15.2 Å².